The van der Waals surface area contributed by atoms with Gasteiger partial charge in [0.2, 0.25) is 5.95 Å². The maximum absolute atomic E-state index is 4.67. The SMILES string of the molecule is CCNc1nc(N2CCCCCC2)c2cn[nH]c2n1. The second kappa shape index (κ2) is 5.42. The van der Waals surface area contributed by atoms with Gasteiger partial charge in [0.05, 0.1) is 11.6 Å². The Morgan fingerprint density at radius 3 is 2.74 bits per heavy atom. The summed E-state index contributed by atoms with van der Waals surface area (Å²) in [6, 6.07) is 0. The summed E-state index contributed by atoms with van der Waals surface area (Å²) in [5.41, 5.74) is 0.810. The number of fused-ring (bicyclic) bond motifs is 1. The summed E-state index contributed by atoms with van der Waals surface area (Å²) in [6.45, 7) is 5.01. The molecule has 0 radical (unpaired) electrons. The molecule has 1 fully saturated rings. The molecular formula is C13H20N6. The molecule has 0 amide bonds. The van der Waals surface area contributed by atoms with Gasteiger partial charge in [0.25, 0.3) is 0 Å². The molecule has 0 atom stereocenters. The average Bonchev–Trinajstić information content (AvgIpc) is 2.72. The van der Waals surface area contributed by atoms with Gasteiger partial charge < -0.3 is 10.2 Å². The molecule has 2 aromatic heterocycles. The van der Waals surface area contributed by atoms with E-state index < -0.39 is 0 Å². The van der Waals surface area contributed by atoms with Crippen LogP contribution in [0.15, 0.2) is 6.20 Å². The van der Waals surface area contributed by atoms with Crippen LogP contribution in [0.25, 0.3) is 11.0 Å². The number of rotatable bonds is 3. The van der Waals surface area contributed by atoms with Crippen molar-refractivity contribution < 1.29 is 0 Å². The zero-order chi connectivity index (χ0) is 13.1. The summed E-state index contributed by atoms with van der Waals surface area (Å²) in [5.74, 6) is 1.69. The van der Waals surface area contributed by atoms with Gasteiger partial charge in [-0.1, -0.05) is 12.8 Å². The van der Waals surface area contributed by atoms with Crippen LogP contribution >= 0.6 is 0 Å². The molecule has 1 aliphatic rings. The van der Waals surface area contributed by atoms with Gasteiger partial charge in [-0.15, -0.1) is 0 Å². The van der Waals surface area contributed by atoms with Gasteiger partial charge in [-0.3, -0.25) is 5.10 Å². The molecular weight excluding hydrogens is 240 g/mol. The fourth-order valence-electron chi connectivity index (χ4n) is 2.58. The third-order valence-corrected chi connectivity index (χ3v) is 3.53. The Labute approximate surface area is 112 Å². The fourth-order valence-corrected chi connectivity index (χ4v) is 2.58. The van der Waals surface area contributed by atoms with Crippen molar-refractivity contribution in [2.24, 2.45) is 0 Å². The highest BCUT2D eigenvalue weighted by Crippen LogP contribution is 2.26. The molecule has 3 rings (SSSR count). The Bertz CT molecular complexity index is 541. The van der Waals surface area contributed by atoms with Crippen molar-refractivity contribution in [1.29, 1.82) is 0 Å². The lowest BCUT2D eigenvalue weighted by molar-refractivity contribution is 0.726. The first-order chi connectivity index (χ1) is 9.38. The standard InChI is InChI=1S/C13H20N6/c1-2-14-13-16-11-10(9-15-18-11)12(17-13)19-7-5-3-4-6-8-19/h9H,2-8H2,1H3,(H2,14,15,16,17,18). The molecule has 1 aliphatic heterocycles. The van der Waals surface area contributed by atoms with Crippen molar-refractivity contribution in [3.05, 3.63) is 6.20 Å². The van der Waals surface area contributed by atoms with Crippen LogP contribution in [0.4, 0.5) is 11.8 Å². The topological polar surface area (TPSA) is 69.7 Å². The molecule has 19 heavy (non-hydrogen) atoms. The number of nitrogens with zero attached hydrogens (tertiary/aromatic N) is 4. The fraction of sp³-hybridized carbons (Fsp3) is 0.615. The molecule has 2 aromatic rings. The van der Waals surface area contributed by atoms with E-state index >= 15 is 0 Å². The number of aromatic nitrogens is 4. The van der Waals surface area contributed by atoms with Gasteiger partial charge in [-0.2, -0.15) is 15.1 Å². The van der Waals surface area contributed by atoms with Crippen molar-refractivity contribution in [2.75, 3.05) is 29.9 Å². The zero-order valence-electron chi connectivity index (χ0n) is 11.3. The molecule has 0 saturated carbocycles. The predicted molar refractivity (Wildman–Crippen MR) is 76.5 cm³/mol. The summed E-state index contributed by atoms with van der Waals surface area (Å²) in [7, 11) is 0. The molecule has 0 bridgehead atoms. The smallest absolute Gasteiger partial charge is 0.226 e. The summed E-state index contributed by atoms with van der Waals surface area (Å²) in [5, 5.41) is 11.3. The highest BCUT2D eigenvalue weighted by atomic mass is 15.3. The summed E-state index contributed by atoms with van der Waals surface area (Å²) < 4.78 is 0. The van der Waals surface area contributed by atoms with E-state index in [1.54, 1.807) is 0 Å². The number of anilines is 2. The number of nitrogens with one attached hydrogen (secondary N) is 2. The van der Waals surface area contributed by atoms with E-state index in [1.807, 2.05) is 13.1 Å². The first-order valence-corrected chi connectivity index (χ1v) is 7.08. The summed E-state index contributed by atoms with van der Waals surface area (Å²) in [6.07, 6.45) is 6.93. The molecule has 6 heteroatoms. The van der Waals surface area contributed by atoms with Gasteiger partial charge in [-0.05, 0) is 19.8 Å². The van der Waals surface area contributed by atoms with Crippen LogP contribution in [0, 0.1) is 0 Å². The Balaban J connectivity index is 2.01. The number of H-pyrrole nitrogens is 1. The van der Waals surface area contributed by atoms with Crippen LogP contribution in [0.5, 0.6) is 0 Å². The Morgan fingerprint density at radius 1 is 1.21 bits per heavy atom. The number of aromatic amines is 1. The molecule has 0 spiro atoms. The maximum Gasteiger partial charge on any atom is 0.226 e. The van der Waals surface area contributed by atoms with Gasteiger partial charge in [0.1, 0.15) is 5.82 Å². The molecule has 102 valence electrons. The van der Waals surface area contributed by atoms with E-state index in [0.717, 1.165) is 36.5 Å². The lowest BCUT2D eigenvalue weighted by Gasteiger charge is -2.22. The molecule has 2 N–H and O–H groups in total. The predicted octanol–water partition coefficient (Wildman–Crippen LogP) is 2.17. The van der Waals surface area contributed by atoms with Gasteiger partial charge >= 0.3 is 0 Å². The van der Waals surface area contributed by atoms with Crippen LogP contribution < -0.4 is 10.2 Å². The van der Waals surface area contributed by atoms with Gasteiger partial charge in [0.15, 0.2) is 5.65 Å². The highest BCUT2D eigenvalue weighted by molar-refractivity contribution is 5.87. The first-order valence-electron chi connectivity index (χ1n) is 7.08. The molecule has 1 saturated heterocycles. The largest absolute Gasteiger partial charge is 0.356 e. The Morgan fingerprint density at radius 2 is 2.00 bits per heavy atom. The van der Waals surface area contributed by atoms with Crippen LogP contribution in [0.2, 0.25) is 0 Å². The van der Waals surface area contributed by atoms with Crippen LogP contribution in [-0.2, 0) is 0 Å². The molecule has 6 nitrogen and oxygen atoms in total. The third kappa shape index (κ3) is 2.47. The van der Waals surface area contributed by atoms with Crippen molar-refractivity contribution >= 4 is 22.8 Å². The van der Waals surface area contributed by atoms with Gasteiger partial charge in [-0.25, -0.2) is 0 Å². The van der Waals surface area contributed by atoms with Crippen LogP contribution in [-0.4, -0.2) is 39.8 Å². The summed E-state index contributed by atoms with van der Waals surface area (Å²) >= 11 is 0. The zero-order valence-corrected chi connectivity index (χ0v) is 11.3. The molecule has 3 heterocycles. The average molecular weight is 260 g/mol. The lowest BCUT2D eigenvalue weighted by atomic mass is 10.2. The molecule has 0 aliphatic carbocycles. The Kier molecular flexibility index (Phi) is 3.48. The first kappa shape index (κ1) is 12.2. The minimum Gasteiger partial charge on any atom is -0.356 e. The maximum atomic E-state index is 4.67. The summed E-state index contributed by atoms with van der Waals surface area (Å²) in [4.78, 5) is 11.5. The lowest BCUT2D eigenvalue weighted by Crippen LogP contribution is -2.25. The Hall–Kier alpha value is -1.85. The second-order valence-electron chi connectivity index (χ2n) is 4.93. The minimum atomic E-state index is 0.679. The van der Waals surface area contributed by atoms with Crippen molar-refractivity contribution in [2.45, 2.75) is 32.6 Å². The van der Waals surface area contributed by atoms with Crippen molar-refractivity contribution in [3.8, 4) is 0 Å². The normalized spacial score (nSPS) is 16.6. The molecule has 0 aromatic carbocycles. The van der Waals surface area contributed by atoms with Gasteiger partial charge in [0, 0.05) is 19.6 Å². The second-order valence-corrected chi connectivity index (χ2v) is 4.93. The van der Waals surface area contributed by atoms with E-state index in [4.69, 9.17) is 0 Å². The van der Waals surface area contributed by atoms with E-state index in [9.17, 15) is 0 Å². The van der Waals surface area contributed by atoms with Crippen molar-refractivity contribution in [3.63, 3.8) is 0 Å². The highest BCUT2D eigenvalue weighted by Gasteiger charge is 2.17. The van der Waals surface area contributed by atoms with E-state index in [-0.39, 0.29) is 0 Å². The monoisotopic (exact) mass is 260 g/mol. The van der Waals surface area contributed by atoms with Crippen LogP contribution in [0.1, 0.15) is 32.6 Å². The van der Waals surface area contributed by atoms with Crippen molar-refractivity contribution in [1.82, 2.24) is 20.2 Å². The number of hydrogen-bond donors (Lipinski definition) is 2. The quantitative estimate of drug-likeness (QED) is 0.885. The minimum absolute atomic E-state index is 0.679. The molecule has 0 unspecified atom stereocenters. The van der Waals surface area contributed by atoms with E-state index in [1.165, 1.54) is 25.7 Å². The van der Waals surface area contributed by atoms with Crippen LogP contribution in [0.3, 0.4) is 0 Å². The third-order valence-electron chi connectivity index (χ3n) is 3.53. The van der Waals surface area contributed by atoms with E-state index in [0.29, 0.717) is 5.95 Å². The van der Waals surface area contributed by atoms with E-state index in [2.05, 4.69) is 30.4 Å². The number of hydrogen-bond acceptors (Lipinski definition) is 5.